The highest BCUT2D eigenvalue weighted by Crippen LogP contribution is 2.56. The molecule has 0 nitrogen and oxygen atoms in total. The second-order valence-corrected chi connectivity index (χ2v) is 5.90. The molecule has 15 heavy (non-hydrogen) atoms. The normalized spacial score (nSPS) is 44.7. The van der Waals surface area contributed by atoms with E-state index in [0.29, 0.717) is 0 Å². The highest BCUT2D eigenvalue weighted by atomic mass is 14.5. The van der Waals surface area contributed by atoms with E-state index in [1.165, 1.54) is 38.5 Å². The second-order valence-electron chi connectivity index (χ2n) is 5.90. The topological polar surface area (TPSA) is 0 Å². The molecule has 0 aromatic carbocycles. The van der Waals surface area contributed by atoms with Crippen molar-refractivity contribution in [2.45, 2.75) is 58.3 Å². The minimum absolute atomic E-state index is 1.01. The summed E-state index contributed by atoms with van der Waals surface area (Å²) in [7, 11) is 0. The van der Waals surface area contributed by atoms with Crippen LogP contribution in [0, 0.1) is 23.7 Å². The molecule has 0 saturated heterocycles. The van der Waals surface area contributed by atoms with Crippen molar-refractivity contribution in [1.82, 2.24) is 0 Å². The first kappa shape index (κ1) is 9.93. The average molecular weight is 204 g/mol. The fourth-order valence-corrected chi connectivity index (χ4v) is 4.87. The van der Waals surface area contributed by atoms with Crippen molar-refractivity contribution in [3.63, 3.8) is 0 Å². The van der Waals surface area contributed by atoms with Crippen LogP contribution >= 0.6 is 0 Å². The SMILES string of the molecule is CC=C1C2CCCCC2C2CCCCC12. The molecule has 0 amide bonds. The van der Waals surface area contributed by atoms with Gasteiger partial charge < -0.3 is 0 Å². The van der Waals surface area contributed by atoms with Crippen LogP contribution in [0.15, 0.2) is 11.6 Å². The lowest BCUT2D eigenvalue weighted by Gasteiger charge is -2.31. The smallest absolute Gasteiger partial charge is 0.0169 e. The van der Waals surface area contributed by atoms with Crippen molar-refractivity contribution in [2.24, 2.45) is 23.7 Å². The summed E-state index contributed by atoms with van der Waals surface area (Å²) in [4.78, 5) is 0. The summed E-state index contributed by atoms with van der Waals surface area (Å²) in [6.07, 6.45) is 14.6. The van der Waals surface area contributed by atoms with E-state index in [2.05, 4.69) is 13.0 Å². The maximum absolute atomic E-state index is 2.49. The third-order valence-corrected chi connectivity index (χ3v) is 5.38. The molecular formula is C15H24. The average Bonchev–Trinajstić information content (AvgIpc) is 2.63. The molecule has 0 spiro atoms. The van der Waals surface area contributed by atoms with Crippen molar-refractivity contribution < 1.29 is 0 Å². The van der Waals surface area contributed by atoms with Gasteiger partial charge in [-0.25, -0.2) is 0 Å². The standard InChI is InChI=1S/C15H24/c1-2-11-12-7-3-5-9-14(12)15-10-6-4-8-13(11)15/h2,12-15H,3-10H2,1H3. The van der Waals surface area contributed by atoms with Gasteiger partial charge in [0.2, 0.25) is 0 Å². The Morgan fingerprint density at radius 3 is 1.73 bits per heavy atom. The zero-order valence-electron chi connectivity index (χ0n) is 10.0. The molecule has 0 heterocycles. The minimum Gasteiger partial charge on any atom is -0.0879 e. The van der Waals surface area contributed by atoms with Crippen LogP contribution < -0.4 is 0 Å². The molecule has 3 fully saturated rings. The molecule has 0 aromatic heterocycles. The summed E-state index contributed by atoms with van der Waals surface area (Å²) >= 11 is 0. The van der Waals surface area contributed by atoms with E-state index in [4.69, 9.17) is 0 Å². The molecular weight excluding hydrogens is 180 g/mol. The Morgan fingerprint density at radius 1 is 0.800 bits per heavy atom. The highest BCUT2D eigenvalue weighted by molar-refractivity contribution is 5.21. The molecule has 3 saturated carbocycles. The number of rotatable bonds is 0. The molecule has 3 aliphatic rings. The highest BCUT2D eigenvalue weighted by Gasteiger charge is 2.47. The molecule has 0 aromatic rings. The first-order valence-electron chi connectivity index (χ1n) is 7.08. The van der Waals surface area contributed by atoms with Crippen molar-refractivity contribution >= 4 is 0 Å². The van der Waals surface area contributed by atoms with Crippen molar-refractivity contribution in [2.75, 3.05) is 0 Å². The predicted octanol–water partition coefficient (Wildman–Crippen LogP) is 4.56. The van der Waals surface area contributed by atoms with Crippen LogP contribution in [0.3, 0.4) is 0 Å². The zero-order chi connectivity index (χ0) is 10.3. The number of hydrogen-bond donors (Lipinski definition) is 0. The van der Waals surface area contributed by atoms with Crippen LogP contribution in [-0.2, 0) is 0 Å². The summed E-state index contributed by atoms with van der Waals surface area (Å²) in [6, 6.07) is 0. The predicted molar refractivity (Wildman–Crippen MR) is 64.7 cm³/mol. The first-order chi connectivity index (χ1) is 7.42. The Hall–Kier alpha value is -0.260. The minimum atomic E-state index is 1.01. The molecule has 84 valence electrons. The van der Waals surface area contributed by atoms with Crippen LogP contribution in [0.1, 0.15) is 58.3 Å². The van der Waals surface area contributed by atoms with E-state index < -0.39 is 0 Å². The van der Waals surface area contributed by atoms with Gasteiger partial charge in [0.25, 0.3) is 0 Å². The largest absolute Gasteiger partial charge is 0.0879 e. The molecule has 0 N–H and O–H groups in total. The van der Waals surface area contributed by atoms with Crippen molar-refractivity contribution in [1.29, 1.82) is 0 Å². The van der Waals surface area contributed by atoms with E-state index in [0.717, 1.165) is 23.7 Å². The van der Waals surface area contributed by atoms with Gasteiger partial charge in [0.05, 0.1) is 0 Å². The third kappa shape index (κ3) is 1.48. The van der Waals surface area contributed by atoms with Gasteiger partial charge in [-0.2, -0.15) is 0 Å². The van der Waals surface area contributed by atoms with Crippen LogP contribution in [0.2, 0.25) is 0 Å². The number of hydrogen-bond acceptors (Lipinski definition) is 0. The van der Waals surface area contributed by atoms with Crippen LogP contribution in [-0.4, -0.2) is 0 Å². The molecule has 4 unspecified atom stereocenters. The summed E-state index contributed by atoms with van der Waals surface area (Å²) < 4.78 is 0. The number of fused-ring (bicyclic) bond motifs is 3. The van der Waals surface area contributed by atoms with Crippen LogP contribution in [0.5, 0.6) is 0 Å². The van der Waals surface area contributed by atoms with Crippen molar-refractivity contribution in [3.05, 3.63) is 11.6 Å². The summed E-state index contributed by atoms with van der Waals surface area (Å²) in [5.74, 6) is 4.21. The van der Waals surface area contributed by atoms with Gasteiger partial charge in [0.1, 0.15) is 0 Å². The maximum Gasteiger partial charge on any atom is -0.0169 e. The van der Waals surface area contributed by atoms with Gasteiger partial charge in [-0.15, -0.1) is 0 Å². The summed E-state index contributed by atoms with van der Waals surface area (Å²) in [5, 5.41) is 0. The van der Waals surface area contributed by atoms with Gasteiger partial charge in [-0.05, 0) is 56.3 Å². The monoisotopic (exact) mass is 204 g/mol. The Balaban J connectivity index is 1.90. The molecule has 0 heteroatoms. The van der Waals surface area contributed by atoms with E-state index in [9.17, 15) is 0 Å². The fraction of sp³-hybridized carbons (Fsp3) is 0.867. The lowest BCUT2D eigenvalue weighted by atomic mass is 9.73. The quantitative estimate of drug-likeness (QED) is 0.507. The van der Waals surface area contributed by atoms with Crippen LogP contribution in [0.4, 0.5) is 0 Å². The Bertz CT molecular complexity index is 239. The third-order valence-electron chi connectivity index (χ3n) is 5.38. The Morgan fingerprint density at radius 2 is 1.27 bits per heavy atom. The first-order valence-corrected chi connectivity index (χ1v) is 7.08. The van der Waals surface area contributed by atoms with Crippen LogP contribution in [0.25, 0.3) is 0 Å². The van der Waals surface area contributed by atoms with Gasteiger partial charge in [-0.1, -0.05) is 37.3 Å². The second kappa shape index (κ2) is 3.96. The molecule has 3 aliphatic carbocycles. The Labute approximate surface area is 94.1 Å². The molecule has 3 rings (SSSR count). The zero-order valence-corrected chi connectivity index (χ0v) is 10.0. The molecule has 0 aliphatic heterocycles. The van der Waals surface area contributed by atoms with Gasteiger partial charge in [0, 0.05) is 0 Å². The van der Waals surface area contributed by atoms with E-state index in [1.807, 2.05) is 5.57 Å². The molecule has 0 bridgehead atoms. The molecule has 0 radical (unpaired) electrons. The van der Waals surface area contributed by atoms with Gasteiger partial charge in [0.15, 0.2) is 0 Å². The number of allylic oxidation sites excluding steroid dienone is 2. The van der Waals surface area contributed by atoms with E-state index in [1.54, 1.807) is 12.8 Å². The van der Waals surface area contributed by atoms with Gasteiger partial charge >= 0.3 is 0 Å². The summed E-state index contributed by atoms with van der Waals surface area (Å²) in [5.41, 5.74) is 1.88. The van der Waals surface area contributed by atoms with E-state index >= 15 is 0 Å². The Kier molecular flexibility index (Phi) is 2.62. The summed E-state index contributed by atoms with van der Waals surface area (Å²) in [6.45, 7) is 2.29. The fourth-order valence-electron chi connectivity index (χ4n) is 4.87. The lowest BCUT2D eigenvalue weighted by molar-refractivity contribution is 0.184. The van der Waals surface area contributed by atoms with E-state index in [-0.39, 0.29) is 0 Å². The lowest BCUT2D eigenvalue weighted by Crippen LogP contribution is -2.22. The van der Waals surface area contributed by atoms with Gasteiger partial charge in [-0.3, -0.25) is 0 Å². The maximum atomic E-state index is 2.49. The van der Waals surface area contributed by atoms with Crippen molar-refractivity contribution in [3.8, 4) is 0 Å². The molecule has 4 atom stereocenters.